The van der Waals surface area contributed by atoms with E-state index >= 15 is 0 Å². The van der Waals surface area contributed by atoms with E-state index in [1.54, 1.807) is 31.2 Å². The molecule has 0 aliphatic carbocycles. The molecule has 0 aliphatic heterocycles. The number of hydrogen-bond acceptors (Lipinski definition) is 8. The number of carbonyl (C=O) groups is 2. The highest BCUT2D eigenvalue weighted by Gasteiger charge is 2.14. The van der Waals surface area contributed by atoms with E-state index < -0.39 is 11.9 Å². The van der Waals surface area contributed by atoms with Gasteiger partial charge in [-0.3, -0.25) is 14.2 Å². The number of ether oxygens (including phenoxy) is 2. The molecule has 0 atom stereocenters. The van der Waals surface area contributed by atoms with Gasteiger partial charge in [-0.15, -0.1) is 17.9 Å². The summed E-state index contributed by atoms with van der Waals surface area (Å²) in [5.74, 6) is -0.626. The van der Waals surface area contributed by atoms with Crippen LogP contribution in [0.4, 0.5) is 5.69 Å². The fraction of sp³-hybridized carbons (Fsp3) is 0.238. The number of amides is 1. The molecule has 31 heavy (non-hydrogen) atoms. The largest absolute Gasteiger partial charge is 0.482 e. The summed E-state index contributed by atoms with van der Waals surface area (Å²) in [5, 5.41) is 15.0. The van der Waals surface area contributed by atoms with Gasteiger partial charge in [0, 0.05) is 31.0 Å². The number of esters is 1. The van der Waals surface area contributed by atoms with Crippen molar-refractivity contribution in [1.82, 2.24) is 9.88 Å². The van der Waals surface area contributed by atoms with E-state index in [2.05, 4.69) is 21.9 Å². The summed E-state index contributed by atoms with van der Waals surface area (Å²) < 4.78 is 11.8. The second-order valence-corrected chi connectivity index (χ2v) is 7.02. The van der Waals surface area contributed by atoms with Crippen molar-refractivity contribution in [3.63, 3.8) is 0 Å². The van der Waals surface area contributed by atoms with Crippen molar-refractivity contribution in [1.29, 1.82) is 5.26 Å². The minimum atomic E-state index is -0.569. The first-order chi connectivity index (χ1) is 14.9. The zero-order valence-corrected chi connectivity index (χ0v) is 18.0. The molecule has 1 heterocycles. The van der Waals surface area contributed by atoms with Crippen molar-refractivity contribution >= 4 is 40.7 Å². The van der Waals surface area contributed by atoms with E-state index in [1.165, 1.54) is 24.0 Å². The molecule has 0 saturated heterocycles. The van der Waals surface area contributed by atoms with Gasteiger partial charge in [-0.2, -0.15) is 5.26 Å². The summed E-state index contributed by atoms with van der Waals surface area (Å²) in [7, 11) is 1.27. The molecule has 0 saturated carbocycles. The van der Waals surface area contributed by atoms with Gasteiger partial charge in [0.05, 0.1) is 7.11 Å². The van der Waals surface area contributed by atoms with E-state index in [-0.39, 0.29) is 28.9 Å². The summed E-state index contributed by atoms with van der Waals surface area (Å²) in [4.78, 5) is 36.2. The van der Waals surface area contributed by atoms with Crippen LogP contribution >= 0.6 is 11.3 Å². The van der Waals surface area contributed by atoms with E-state index in [0.717, 1.165) is 11.3 Å². The minimum absolute atomic E-state index is 0.136. The van der Waals surface area contributed by atoms with Crippen molar-refractivity contribution in [2.45, 2.75) is 13.5 Å². The van der Waals surface area contributed by atoms with Gasteiger partial charge in [-0.25, -0.2) is 4.79 Å². The molecular weight excluding hydrogens is 420 g/mol. The van der Waals surface area contributed by atoms with Crippen molar-refractivity contribution in [2.24, 2.45) is 0 Å². The third-order valence-electron chi connectivity index (χ3n) is 3.97. The second-order valence-electron chi connectivity index (χ2n) is 5.99. The first-order valence-electron chi connectivity index (χ1n) is 9.24. The van der Waals surface area contributed by atoms with Crippen LogP contribution in [0.15, 0.2) is 41.7 Å². The monoisotopic (exact) mass is 442 g/mol. The summed E-state index contributed by atoms with van der Waals surface area (Å²) in [5.41, 5.74) is 0.161. The number of rotatable bonds is 9. The maximum absolute atomic E-state index is 12.7. The zero-order chi connectivity index (χ0) is 22.8. The Balaban J connectivity index is 2.38. The highest BCUT2D eigenvalue weighted by atomic mass is 32.1. The molecular formula is C21H22N4O5S. The van der Waals surface area contributed by atoms with Gasteiger partial charge in [0.2, 0.25) is 0 Å². The van der Waals surface area contributed by atoms with Crippen LogP contribution in [0.25, 0.3) is 11.8 Å². The Labute approximate surface area is 182 Å². The topological polar surface area (TPSA) is 122 Å². The van der Waals surface area contributed by atoms with Gasteiger partial charge in [0.1, 0.15) is 21.0 Å². The van der Waals surface area contributed by atoms with Gasteiger partial charge in [-0.05, 0) is 19.1 Å². The van der Waals surface area contributed by atoms with Crippen molar-refractivity contribution in [2.75, 3.05) is 25.6 Å². The molecule has 0 fully saturated rings. The van der Waals surface area contributed by atoms with Gasteiger partial charge in [0.15, 0.2) is 12.2 Å². The number of nitrogens with zero attached hydrogens (tertiary/aromatic N) is 2. The fourth-order valence-electron chi connectivity index (χ4n) is 2.47. The van der Waals surface area contributed by atoms with Crippen molar-refractivity contribution in [3.8, 4) is 11.8 Å². The first-order valence-corrected chi connectivity index (χ1v) is 10.1. The standard InChI is InChI=1S/C21H22N4O5S/c1-4-9-23-19(27)16(11-22)21-25(5-2)20(28)17(31-21)12-24-14-7-6-8-15(10-14)30-13-18(26)29-3/h4,6-8,10,12,24H,1,5,9,13H2,2-3H3,(H,23,27). The Bertz CT molecular complexity index is 1190. The Morgan fingerprint density at radius 3 is 2.81 bits per heavy atom. The van der Waals surface area contributed by atoms with Gasteiger partial charge < -0.3 is 20.1 Å². The lowest BCUT2D eigenvalue weighted by molar-refractivity contribution is -0.142. The van der Waals surface area contributed by atoms with Crippen molar-refractivity contribution in [3.05, 3.63) is 56.5 Å². The number of methoxy groups -OCH3 is 1. The molecule has 0 radical (unpaired) electrons. The van der Waals surface area contributed by atoms with Crippen LogP contribution in [0.3, 0.4) is 0 Å². The first kappa shape index (κ1) is 23.4. The number of carbonyl (C=O) groups excluding carboxylic acids is 2. The average Bonchev–Trinajstić information content (AvgIpc) is 3.10. The van der Waals surface area contributed by atoms with Crippen LogP contribution in [-0.4, -0.2) is 36.7 Å². The lowest BCUT2D eigenvalue weighted by Gasteiger charge is -2.06. The summed E-state index contributed by atoms with van der Waals surface area (Å²) in [6.07, 6.45) is 3.00. The molecule has 10 heteroatoms. The van der Waals surface area contributed by atoms with Crippen LogP contribution in [0.1, 0.15) is 6.92 Å². The normalized spacial score (nSPS) is 11.8. The van der Waals surface area contributed by atoms with Gasteiger partial charge in [0.25, 0.3) is 11.5 Å². The summed E-state index contributed by atoms with van der Waals surface area (Å²) >= 11 is 1.04. The summed E-state index contributed by atoms with van der Waals surface area (Å²) in [6.45, 7) is 5.57. The number of thiazole rings is 1. The van der Waals surface area contributed by atoms with Crippen LogP contribution < -0.4 is 30.1 Å². The van der Waals surface area contributed by atoms with Gasteiger partial charge in [-0.1, -0.05) is 12.1 Å². The fourth-order valence-corrected chi connectivity index (χ4v) is 3.55. The Morgan fingerprint density at radius 1 is 1.39 bits per heavy atom. The van der Waals surface area contributed by atoms with E-state index in [1.807, 2.05) is 6.07 Å². The maximum Gasteiger partial charge on any atom is 0.343 e. The second kappa shape index (κ2) is 11.4. The minimum Gasteiger partial charge on any atom is -0.482 e. The highest BCUT2D eigenvalue weighted by Crippen LogP contribution is 2.17. The molecule has 1 amide bonds. The Morgan fingerprint density at radius 2 is 2.16 bits per heavy atom. The number of anilines is 1. The number of benzene rings is 1. The van der Waals surface area contributed by atoms with Crippen LogP contribution in [-0.2, 0) is 20.9 Å². The smallest absolute Gasteiger partial charge is 0.343 e. The predicted molar refractivity (Wildman–Crippen MR) is 118 cm³/mol. The van der Waals surface area contributed by atoms with Crippen LogP contribution in [0.2, 0.25) is 0 Å². The SMILES string of the molecule is C=CCNC(=O)C(C#N)=c1sc(=CNc2cccc(OCC(=O)OC)c2)c(=O)n1CC. The molecule has 0 spiro atoms. The molecule has 1 aromatic carbocycles. The number of nitriles is 1. The molecule has 2 aromatic rings. The van der Waals surface area contributed by atoms with E-state index in [4.69, 9.17) is 4.74 Å². The van der Waals surface area contributed by atoms with E-state index in [0.29, 0.717) is 22.5 Å². The highest BCUT2D eigenvalue weighted by molar-refractivity contribution is 7.07. The number of nitrogens with one attached hydrogen (secondary N) is 2. The predicted octanol–water partition coefficient (Wildman–Crippen LogP) is 0.308. The maximum atomic E-state index is 12.7. The summed E-state index contributed by atoms with van der Waals surface area (Å²) in [6, 6.07) is 8.69. The van der Waals surface area contributed by atoms with Crippen LogP contribution in [0.5, 0.6) is 5.75 Å². The number of aromatic nitrogens is 1. The lowest BCUT2D eigenvalue weighted by atomic mass is 10.3. The number of hydrogen-bond donors (Lipinski definition) is 2. The molecule has 162 valence electrons. The Kier molecular flexibility index (Phi) is 8.60. The average molecular weight is 442 g/mol. The van der Waals surface area contributed by atoms with Gasteiger partial charge >= 0.3 is 5.97 Å². The van der Waals surface area contributed by atoms with Crippen LogP contribution in [0, 0.1) is 11.3 Å². The molecule has 0 aliphatic rings. The lowest BCUT2D eigenvalue weighted by Crippen LogP contribution is -2.34. The van der Waals surface area contributed by atoms with Crippen molar-refractivity contribution < 1.29 is 19.1 Å². The quantitative estimate of drug-likeness (QED) is 0.423. The third-order valence-corrected chi connectivity index (χ3v) is 5.10. The molecule has 2 rings (SSSR count). The van der Waals surface area contributed by atoms with E-state index in [9.17, 15) is 19.6 Å². The molecule has 0 bridgehead atoms. The molecule has 9 nitrogen and oxygen atoms in total. The molecule has 2 N–H and O–H groups in total. The zero-order valence-electron chi connectivity index (χ0n) is 17.1. The third kappa shape index (κ3) is 6.07. The Hall–Kier alpha value is -3.84. The molecule has 0 unspecified atom stereocenters. The molecule has 1 aromatic heterocycles.